The Kier molecular flexibility index (Phi) is 4.10. The van der Waals surface area contributed by atoms with E-state index in [0.717, 1.165) is 25.7 Å². The molecule has 0 aromatic rings. The SMILES string of the molecule is CC(CNS(=O)(=O)C1CCCC1)C(=N)N. The molecule has 1 rings (SSSR count). The zero-order valence-electron chi connectivity index (χ0n) is 8.99. The molecule has 0 heterocycles. The quantitative estimate of drug-likeness (QED) is 0.474. The lowest BCUT2D eigenvalue weighted by atomic mass is 10.2. The van der Waals surface area contributed by atoms with Crippen LogP contribution in [0.2, 0.25) is 0 Å². The van der Waals surface area contributed by atoms with Crippen LogP contribution in [0.15, 0.2) is 0 Å². The number of nitrogens with one attached hydrogen (secondary N) is 2. The normalized spacial score (nSPS) is 20.3. The van der Waals surface area contributed by atoms with E-state index in [0.29, 0.717) is 0 Å². The molecule has 0 bridgehead atoms. The van der Waals surface area contributed by atoms with Crippen LogP contribution in [0, 0.1) is 11.3 Å². The Morgan fingerprint density at radius 3 is 2.53 bits per heavy atom. The fourth-order valence-electron chi connectivity index (χ4n) is 1.67. The molecule has 0 aliphatic heterocycles. The van der Waals surface area contributed by atoms with Gasteiger partial charge < -0.3 is 5.73 Å². The lowest BCUT2D eigenvalue weighted by Crippen LogP contribution is -2.38. The molecule has 1 aliphatic rings. The first-order chi connectivity index (χ1) is 6.93. The van der Waals surface area contributed by atoms with Crippen LogP contribution < -0.4 is 10.5 Å². The maximum atomic E-state index is 11.7. The van der Waals surface area contributed by atoms with Gasteiger partial charge in [0.15, 0.2) is 0 Å². The summed E-state index contributed by atoms with van der Waals surface area (Å²) in [5.41, 5.74) is 5.27. The molecule has 5 nitrogen and oxygen atoms in total. The van der Waals surface area contributed by atoms with Crippen molar-refractivity contribution >= 4 is 15.9 Å². The predicted octanol–water partition coefficient (Wildman–Crippen LogP) is 0.420. The van der Waals surface area contributed by atoms with Gasteiger partial charge >= 0.3 is 0 Å². The molecule has 1 unspecified atom stereocenters. The van der Waals surface area contributed by atoms with Crippen LogP contribution in [0.25, 0.3) is 0 Å². The summed E-state index contributed by atoms with van der Waals surface area (Å²) in [7, 11) is -3.19. The highest BCUT2D eigenvalue weighted by molar-refractivity contribution is 7.90. The van der Waals surface area contributed by atoms with E-state index in [4.69, 9.17) is 11.1 Å². The zero-order chi connectivity index (χ0) is 11.5. The predicted molar refractivity (Wildman–Crippen MR) is 60.3 cm³/mol. The second kappa shape index (κ2) is 4.94. The third-order valence-electron chi connectivity index (χ3n) is 2.86. The maximum Gasteiger partial charge on any atom is 0.214 e. The van der Waals surface area contributed by atoms with Gasteiger partial charge in [0.25, 0.3) is 0 Å². The molecule has 0 amide bonds. The van der Waals surface area contributed by atoms with Crippen LogP contribution in [0.4, 0.5) is 0 Å². The highest BCUT2D eigenvalue weighted by Gasteiger charge is 2.28. The standard InChI is InChI=1S/C9H19N3O2S/c1-7(9(10)11)6-12-15(13,14)8-4-2-3-5-8/h7-8,12H,2-6H2,1H3,(H3,10,11). The maximum absolute atomic E-state index is 11.7. The molecule has 1 fully saturated rings. The van der Waals surface area contributed by atoms with Crippen LogP contribution in [0.5, 0.6) is 0 Å². The fraction of sp³-hybridized carbons (Fsp3) is 0.889. The summed E-state index contributed by atoms with van der Waals surface area (Å²) in [6.07, 6.45) is 3.50. The molecule has 88 valence electrons. The van der Waals surface area contributed by atoms with Gasteiger partial charge in [0.05, 0.1) is 11.1 Å². The Morgan fingerprint density at radius 1 is 1.53 bits per heavy atom. The molecule has 1 aliphatic carbocycles. The monoisotopic (exact) mass is 233 g/mol. The molecule has 0 spiro atoms. The van der Waals surface area contributed by atoms with Crippen molar-refractivity contribution in [2.45, 2.75) is 37.9 Å². The molecule has 0 saturated heterocycles. The first-order valence-corrected chi connectivity index (χ1v) is 6.80. The summed E-state index contributed by atoms with van der Waals surface area (Å²) >= 11 is 0. The Labute approximate surface area is 91.0 Å². The zero-order valence-corrected chi connectivity index (χ0v) is 9.81. The molecule has 15 heavy (non-hydrogen) atoms. The highest BCUT2D eigenvalue weighted by Crippen LogP contribution is 2.23. The van der Waals surface area contributed by atoms with E-state index in [1.807, 2.05) is 0 Å². The number of amidine groups is 1. The summed E-state index contributed by atoms with van der Waals surface area (Å²) in [5.74, 6) is -0.217. The first kappa shape index (κ1) is 12.4. The molecule has 1 atom stereocenters. The van der Waals surface area contributed by atoms with E-state index < -0.39 is 10.0 Å². The minimum atomic E-state index is -3.19. The Bertz CT molecular complexity index is 320. The van der Waals surface area contributed by atoms with Gasteiger partial charge in [-0.25, -0.2) is 13.1 Å². The van der Waals surface area contributed by atoms with Crippen molar-refractivity contribution in [2.75, 3.05) is 6.54 Å². The van der Waals surface area contributed by atoms with Crippen LogP contribution in [0.3, 0.4) is 0 Å². The molecule has 0 radical (unpaired) electrons. The van der Waals surface area contributed by atoms with Gasteiger partial charge in [0.2, 0.25) is 10.0 Å². The smallest absolute Gasteiger partial charge is 0.214 e. The summed E-state index contributed by atoms with van der Waals surface area (Å²) < 4.78 is 26.0. The third kappa shape index (κ3) is 3.46. The molecular formula is C9H19N3O2S. The van der Waals surface area contributed by atoms with E-state index in [1.54, 1.807) is 6.92 Å². The van der Waals surface area contributed by atoms with Gasteiger partial charge in [-0.05, 0) is 12.8 Å². The Hall–Kier alpha value is -0.620. The summed E-state index contributed by atoms with van der Waals surface area (Å²) in [4.78, 5) is 0. The van der Waals surface area contributed by atoms with E-state index in [2.05, 4.69) is 4.72 Å². The molecule has 1 saturated carbocycles. The van der Waals surface area contributed by atoms with E-state index in [-0.39, 0.29) is 23.5 Å². The number of nitrogens with two attached hydrogens (primary N) is 1. The number of hydrogen-bond acceptors (Lipinski definition) is 3. The first-order valence-electron chi connectivity index (χ1n) is 5.26. The average Bonchev–Trinajstić information content (AvgIpc) is 2.67. The van der Waals surface area contributed by atoms with Crippen molar-refractivity contribution in [1.29, 1.82) is 5.41 Å². The molecule has 0 aromatic carbocycles. The summed E-state index contributed by atoms with van der Waals surface area (Å²) in [6, 6.07) is 0. The largest absolute Gasteiger partial charge is 0.387 e. The van der Waals surface area contributed by atoms with E-state index in [1.165, 1.54) is 0 Å². The lowest BCUT2D eigenvalue weighted by Gasteiger charge is -2.15. The lowest BCUT2D eigenvalue weighted by molar-refractivity contribution is 0.558. The average molecular weight is 233 g/mol. The number of hydrogen-bond donors (Lipinski definition) is 3. The molecule has 0 aromatic heterocycles. The Morgan fingerprint density at radius 2 is 2.07 bits per heavy atom. The Balaban J connectivity index is 2.46. The van der Waals surface area contributed by atoms with Gasteiger partial charge in [-0.15, -0.1) is 0 Å². The molecule has 6 heteroatoms. The van der Waals surface area contributed by atoms with Crippen molar-refractivity contribution < 1.29 is 8.42 Å². The van der Waals surface area contributed by atoms with Crippen molar-refractivity contribution in [3.8, 4) is 0 Å². The van der Waals surface area contributed by atoms with Crippen LogP contribution >= 0.6 is 0 Å². The minimum Gasteiger partial charge on any atom is -0.387 e. The van der Waals surface area contributed by atoms with Gasteiger partial charge in [0, 0.05) is 12.5 Å². The van der Waals surface area contributed by atoms with E-state index in [9.17, 15) is 8.42 Å². The number of sulfonamides is 1. The second-order valence-electron chi connectivity index (χ2n) is 4.16. The fourth-order valence-corrected chi connectivity index (χ4v) is 3.34. The van der Waals surface area contributed by atoms with Gasteiger partial charge in [0.1, 0.15) is 0 Å². The van der Waals surface area contributed by atoms with Gasteiger partial charge in [-0.2, -0.15) is 0 Å². The second-order valence-corrected chi connectivity index (χ2v) is 6.20. The van der Waals surface area contributed by atoms with Crippen molar-refractivity contribution in [3.05, 3.63) is 0 Å². The van der Waals surface area contributed by atoms with Gasteiger partial charge in [-0.3, -0.25) is 5.41 Å². The summed E-state index contributed by atoms with van der Waals surface area (Å²) in [5, 5.41) is 6.92. The van der Waals surface area contributed by atoms with Gasteiger partial charge in [-0.1, -0.05) is 19.8 Å². The van der Waals surface area contributed by atoms with Crippen LogP contribution in [-0.4, -0.2) is 26.0 Å². The van der Waals surface area contributed by atoms with Crippen molar-refractivity contribution in [1.82, 2.24) is 4.72 Å². The van der Waals surface area contributed by atoms with Crippen LogP contribution in [-0.2, 0) is 10.0 Å². The summed E-state index contributed by atoms with van der Waals surface area (Å²) in [6.45, 7) is 1.97. The molecule has 4 N–H and O–H groups in total. The third-order valence-corrected chi connectivity index (χ3v) is 4.78. The highest BCUT2D eigenvalue weighted by atomic mass is 32.2. The van der Waals surface area contributed by atoms with E-state index >= 15 is 0 Å². The van der Waals surface area contributed by atoms with Crippen molar-refractivity contribution in [2.24, 2.45) is 11.7 Å². The topological polar surface area (TPSA) is 96.0 Å². The van der Waals surface area contributed by atoms with Crippen LogP contribution in [0.1, 0.15) is 32.6 Å². The van der Waals surface area contributed by atoms with Crippen molar-refractivity contribution in [3.63, 3.8) is 0 Å². The molecular weight excluding hydrogens is 214 g/mol. The number of rotatable bonds is 5. The minimum absolute atomic E-state index is 0.0177.